The molecule has 0 aromatic carbocycles. The van der Waals surface area contributed by atoms with E-state index in [2.05, 4.69) is 27.0 Å². The normalized spacial score (nSPS) is 11.4. The molecule has 0 radical (unpaired) electrons. The summed E-state index contributed by atoms with van der Waals surface area (Å²) in [6, 6.07) is 3.98. The van der Waals surface area contributed by atoms with Crippen LogP contribution in [0.1, 0.15) is 37.2 Å². The van der Waals surface area contributed by atoms with Crippen molar-refractivity contribution in [3.05, 3.63) is 28.6 Å². The molecule has 0 atom stereocenters. The molecule has 0 spiro atoms. The number of hydrogen-bond donors (Lipinski definition) is 1. The molecule has 0 unspecified atom stereocenters. The fourth-order valence-corrected chi connectivity index (χ4v) is 4.10. The molecule has 1 N–H and O–H groups in total. The van der Waals surface area contributed by atoms with Crippen molar-refractivity contribution < 1.29 is 4.79 Å². The topological polar surface area (TPSA) is 83.6 Å². The lowest BCUT2D eigenvalue weighted by Crippen LogP contribution is -2.13. The molecule has 0 saturated carbocycles. The summed E-state index contributed by atoms with van der Waals surface area (Å²) >= 11 is 2.87. The van der Waals surface area contributed by atoms with Gasteiger partial charge in [-0.15, -0.1) is 10.2 Å². The van der Waals surface area contributed by atoms with Gasteiger partial charge in [-0.2, -0.15) is 5.26 Å². The van der Waals surface area contributed by atoms with E-state index < -0.39 is 5.91 Å². The highest BCUT2D eigenvalue weighted by molar-refractivity contribution is 8.01. The smallest absolute Gasteiger partial charge is 0.268 e. The molecule has 0 aliphatic carbocycles. The minimum Gasteiger partial charge on any atom is -0.349 e. The first-order chi connectivity index (χ1) is 12.0. The highest BCUT2D eigenvalue weighted by Gasteiger charge is 2.15. The monoisotopic (exact) mass is 375 g/mol. The Morgan fingerprint density at radius 2 is 2.20 bits per heavy atom. The Hall–Kier alpha value is -2.11. The highest BCUT2D eigenvalue weighted by Crippen LogP contribution is 2.25. The van der Waals surface area contributed by atoms with Crippen LogP contribution in [0.5, 0.6) is 0 Å². The van der Waals surface area contributed by atoms with E-state index in [0.717, 1.165) is 40.0 Å². The molecular formula is C17H21N5OS2. The van der Waals surface area contributed by atoms with Crippen molar-refractivity contribution in [2.75, 3.05) is 11.1 Å². The van der Waals surface area contributed by atoms with Gasteiger partial charge in [0.15, 0.2) is 4.34 Å². The minimum absolute atomic E-state index is 0.0524. The van der Waals surface area contributed by atoms with E-state index in [1.54, 1.807) is 17.8 Å². The number of nitrogens with zero attached hydrogens (tertiary/aromatic N) is 4. The lowest BCUT2D eigenvalue weighted by molar-refractivity contribution is -0.112. The predicted octanol–water partition coefficient (Wildman–Crippen LogP) is 4.02. The molecule has 1 amide bonds. The summed E-state index contributed by atoms with van der Waals surface area (Å²) in [4.78, 5) is 12.4. The maximum atomic E-state index is 12.4. The Morgan fingerprint density at radius 1 is 1.44 bits per heavy atom. The van der Waals surface area contributed by atoms with E-state index in [1.807, 2.05) is 32.9 Å². The Kier molecular flexibility index (Phi) is 6.79. The molecule has 132 valence electrons. The van der Waals surface area contributed by atoms with Crippen molar-refractivity contribution in [3.63, 3.8) is 0 Å². The van der Waals surface area contributed by atoms with Gasteiger partial charge in [0.2, 0.25) is 5.13 Å². The lowest BCUT2D eigenvalue weighted by atomic mass is 10.1. The van der Waals surface area contributed by atoms with Gasteiger partial charge in [-0.1, -0.05) is 36.9 Å². The number of thioether (sulfide) groups is 1. The average Bonchev–Trinajstić information content (AvgIpc) is 3.12. The number of anilines is 1. The third-order valence-corrected chi connectivity index (χ3v) is 5.47. The number of carbonyl (C=O) groups is 1. The fraction of sp³-hybridized carbons (Fsp3) is 0.412. The second-order valence-electron chi connectivity index (χ2n) is 5.41. The summed E-state index contributed by atoms with van der Waals surface area (Å²) < 4.78 is 2.99. The number of rotatable bonds is 7. The summed E-state index contributed by atoms with van der Waals surface area (Å²) in [7, 11) is 0. The van der Waals surface area contributed by atoms with Crippen LogP contribution >= 0.6 is 23.1 Å². The van der Waals surface area contributed by atoms with Gasteiger partial charge in [-0.25, -0.2) is 0 Å². The van der Waals surface area contributed by atoms with E-state index in [9.17, 15) is 10.1 Å². The maximum Gasteiger partial charge on any atom is 0.268 e. The molecule has 2 heterocycles. The fourth-order valence-electron chi connectivity index (χ4n) is 2.45. The minimum atomic E-state index is -0.466. The van der Waals surface area contributed by atoms with E-state index in [0.29, 0.717) is 5.13 Å². The van der Waals surface area contributed by atoms with Crippen molar-refractivity contribution in [1.29, 1.82) is 5.26 Å². The first-order valence-corrected chi connectivity index (χ1v) is 9.86. The third-order valence-electron chi connectivity index (χ3n) is 3.62. The second-order valence-corrected chi connectivity index (χ2v) is 7.90. The summed E-state index contributed by atoms with van der Waals surface area (Å²) in [6.45, 7) is 9.09. The number of amides is 1. The SMILES string of the molecule is CCCn1c(C)cc(/C=C(\C#N)C(=O)Nc2nnc(SCC)s2)c1C. The zero-order valence-electron chi connectivity index (χ0n) is 14.8. The lowest BCUT2D eigenvalue weighted by Gasteiger charge is -2.07. The summed E-state index contributed by atoms with van der Waals surface area (Å²) in [5.74, 6) is 0.422. The van der Waals surface area contributed by atoms with E-state index in [-0.39, 0.29) is 5.57 Å². The van der Waals surface area contributed by atoms with Gasteiger partial charge >= 0.3 is 0 Å². The summed E-state index contributed by atoms with van der Waals surface area (Å²) in [5, 5.41) is 20.3. The van der Waals surface area contributed by atoms with Crippen molar-refractivity contribution in [2.24, 2.45) is 0 Å². The Bertz CT molecular complexity index is 829. The summed E-state index contributed by atoms with van der Waals surface area (Å²) in [6.07, 6.45) is 2.66. The highest BCUT2D eigenvalue weighted by atomic mass is 32.2. The van der Waals surface area contributed by atoms with Crippen molar-refractivity contribution in [1.82, 2.24) is 14.8 Å². The molecular weight excluding hydrogens is 354 g/mol. The Balaban J connectivity index is 2.20. The number of carbonyl (C=O) groups excluding carboxylic acids is 1. The molecule has 0 aliphatic rings. The van der Waals surface area contributed by atoms with Crippen LogP contribution in [0.15, 0.2) is 16.0 Å². The number of aromatic nitrogens is 3. The van der Waals surface area contributed by atoms with Crippen LogP contribution in [0.25, 0.3) is 6.08 Å². The molecule has 25 heavy (non-hydrogen) atoms. The van der Waals surface area contributed by atoms with Crippen LogP contribution in [0.4, 0.5) is 5.13 Å². The quantitative estimate of drug-likeness (QED) is 0.342. The number of nitrogens with one attached hydrogen (secondary N) is 1. The Labute approximate surface area is 156 Å². The van der Waals surface area contributed by atoms with Gasteiger partial charge in [0, 0.05) is 17.9 Å². The Morgan fingerprint density at radius 3 is 2.84 bits per heavy atom. The number of hydrogen-bond acceptors (Lipinski definition) is 6. The summed E-state index contributed by atoms with van der Waals surface area (Å²) in [5.41, 5.74) is 3.11. The van der Waals surface area contributed by atoms with Crippen LogP contribution in [0.3, 0.4) is 0 Å². The van der Waals surface area contributed by atoms with Gasteiger partial charge in [-0.05, 0) is 43.7 Å². The number of aryl methyl sites for hydroxylation is 1. The standard InChI is InChI=1S/C17H21N5OS2/c1-5-7-22-11(3)8-13(12(22)4)9-14(10-18)15(23)19-16-20-21-17(25-16)24-6-2/h8-9H,5-7H2,1-4H3,(H,19,20,23)/b14-9+. The third kappa shape index (κ3) is 4.71. The van der Waals surface area contributed by atoms with Gasteiger partial charge in [0.25, 0.3) is 5.91 Å². The molecule has 2 aromatic heterocycles. The van der Waals surface area contributed by atoms with Crippen molar-refractivity contribution in [2.45, 2.75) is 45.0 Å². The van der Waals surface area contributed by atoms with Gasteiger partial charge in [0.1, 0.15) is 11.6 Å². The largest absolute Gasteiger partial charge is 0.349 e. The zero-order chi connectivity index (χ0) is 18.4. The van der Waals surface area contributed by atoms with Crippen molar-refractivity contribution >= 4 is 40.2 Å². The van der Waals surface area contributed by atoms with Crippen molar-refractivity contribution in [3.8, 4) is 6.07 Å². The van der Waals surface area contributed by atoms with Crippen LogP contribution in [-0.2, 0) is 11.3 Å². The van der Waals surface area contributed by atoms with Gasteiger partial charge in [0.05, 0.1) is 0 Å². The first kappa shape index (κ1) is 19.2. The van der Waals surface area contributed by atoms with Crippen LogP contribution in [0.2, 0.25) is 0 Å². The molecule has 2 aromatic rings. The second kappa shape index (κ2) is 8.83. The molecule has 0 bridgehead atoms. The van der Waals surface area contributed by atoms with E-state index in [1.165, 1.54) is 11.3 Å². The van der Waals surface area contributed by atoms with Crippen LogP contribution < -0.4 is 5.32 Å². The molecule has 2 rings (SSSR count). The first-order valence-electron chi connectivity index (χ1n) is 8.06. The molecule has 0 fully saturated rings. The molecule has 6 nitrogen and oxygen atoms in total. The average molecular weight is 376 g/mol. The number of nitriles is 1. The zero-order valence-corrected chi connectivity index (χ0v) is 16.4. The van der Waals surface area contributed by atoms with E-state index in [4.69, 9.17) is 0 Å². The molecule has 0 saturated heterocycles. The van der Waals surface area contributed by atoms with Gasteiger partial charge in [-0.3, -0.25) is 10.1 Å². The van der Waals surface area contributed by atoms with E-state index >= 15 is 0 Å². The maximum absolute atomic E-state index is 12.4. The van der Waals surface area contributed by atoms with Crippen LogP contribution in [-0.4, -0.2) is 26.4 Å². The molecule has 8 heteroatoms. The molecule has 0 aliphatic heterocycles. The van der Waals surface area contributed by atoms with Crippen LogP contribution in [0, 0.1) is 25.2 Å². The predicted molar refractivity (Wildman–Crippen MR) is 103 cm³/mol. The van der Waals surface area contributed by atoms with Gasteiger partial charge < -0.3 is 4.57 Å².